The predicted molar refractivity (Wildman–Crippen MR) is 83.4 cm³/mol. The van der Waals surface area contributed by atoms with Crippen LogP contribution in [0.3, 0.4) is 0 Å². The van der Waals surface area contributed by atoms with Crippen molar-refractivity contribution in [2.45, 2.75) is 65.6 Å². The van der Waals surface area contributed by atoms with Crippen molar-refractivity contribution in [1.82, 2.24) is 0 Å². The van der Waals surface area contributed by atoms with Crippen molar-refractivity contribution < 1.29 is 19.4 Å². The molecule has 0 radical (unpaired) electrons. The van der Waals surface area contributed by atoms with Crippen LogP contribution in [0.4, 0.5) is 0 Å². The van der Waals surface area contributed by atoms with E-state index >= 15 is 0 Å². The summed E-state index contributed by atoms with van der Waals surface area (Å²) in [6.45, 7) is 8.21. The van der Waals surface area contributed by atoms with E-state index in [9.17, 15) is 9.90 Å². The number of aromatic carboxylic acids is 1. The number of carboxylic acid groups (broad SMARTS) is 1. The highest BCUT2D eigenvalue weighted by Gasteiger charge is 2.13. The minimum absolute atomic E-state index is 0.0926. The zero-order valence-electron chi connectivity index (χ0n) is 13.4. The number of hydrogen-bond acceptors (Lipinski definition) is 3. The smallest absolute Gasteiger partial charge is 0.335 e. The fraction of sp³-hybridized carbons (Fsp3) is 0.588. The van der Waals surface area contributed by atoms with Crippen LogP contribution in [0.1, 0.15) is 63.7 Å². The van der Waals surface area contributed by atoms with E-state index in [0.717, 1.165) is 25.7 Å². The van der Waals surface area contributed by atoms with E-state index < -0.39 is 5.97 Å². The Kier molecular flexibility index (Phi) is 7.06. The van der Waals surface area contributed by atoms with Gasteiger partial charge in [0.05, 0.1) is 17.8 Å². The highest BCUT2D eigenvalue weighted by molar-refractivity contribution is 5.88. The van der Waals surface area contributed by atoms with Crippen LogP contribution in [0.2, 0.25) is 0 Å². The lowest BCUT2D eigenvalue weighted by molar-refractivity contribution is 0.0694. The monoisotopic (exact) mass is 294 g/mol. The Morgan fingerprint density at radius 2 is 1.29 bits per heavy atom. The Morgan fingerprint density at radius 1 is 0.905 bits per heavy atom. The van der Waals surface area contributed by atoms with Crippen LogP contribution >= 0.6 is 0 Å². The summed E-state index contributed by atoms with van der Waals surface area (Å²) in [6.07, 6.45) is 3.73. The average molecular weight is 294 g/mol. The van der Waals surface area contributed by atoms with Crippen LogP contribution in [-0.2, 0) is 0 Å². The van der Waals surface area contributed by atoms with Gasteiger partial charge in [-0.15, -0.1) is 0 Å². The molecule has 0 saturated carbocycles. The standard InChI is InChI=1S/C17H26O4/c1-5-13(6-2)20-15-9-12(17(18)19)10-16(11-15)21-14(7-3)8-4/h9-11,13-14H,5-8H2,1-4H3,(H,18,19). The number of ether oxygens (including phenoxy) is 2. The summed E-state index contributed by atoms with van der Waals surface area (Å²) < 4.78 is 11.7. The van der Waals surface area contributed by atoms with Crippen molar-refractivity contribution in [3.05, 3.63) is 23.8 Å². The SMILES string of the molecule is CCC(CC)Oc1cc(OC(CC)CC)cc(C(=O)O)c1. The van der Waals surface area contributed by atoms with Crippen LogP contribution in [0, 0.1) is 0 Å². The Hall–Kier alpha value is -1.71. The lowest BCUT2D eigenvalue weighted by Crippen LogP contribution is -2.16. The second kappa shape index (κ2) is 8.55. The van der Waals surface area contributed by atoms with Gasteiger partial charge in [0.15, 0.2) is 0 Å². The molecule has 0 aliphatic heterocycles. The molecular formula is C17H26O4. The molecule has 0 saturated heterocycles. The highest BCUT2D eigenvalue weighted by atomic mass is 16.5. The first-order valence-corrected chi connectivity index (χ1v) is 7.75. The lowest BCUT2D eigenvalue weighted by atomic mass is 10.1. The molecule has 4 nitrogen and oxygen atoms in total. The largest absolute Gasteiger partial charge is 0.490 e. The molecule has 0 unspecified atom stereocenters. The van der Waals surface area contributed by atoms with Crippen LogP contribution in [0.15, 0.2) is 18.2 Å². The van der Waals surface area contributed by atoms with Gasteiger partial charge in [0.1, 0.15) is 11.5 Å². The van der Waals surface area contributed by atoms with Crippen molar-refractivity contribution in [2.24, 2.45) is 0 Å². The number of carboxylic acids is 1. The normalized spacial score (nSPS) is 11.0. The maximum atomic E-state index is 11.2. The molecule has 0 spiro atoms. The van der Waals surface area contributed by atoms with Crippen molar-refractivity contribution in [3.63, 3.8) is 0 Å². The van der Waals surface area contributed by atoms with E-state index in [1.54, 1.807) is 18.2 Å². The molecule has 21 heavy (non-hydrogen) atoms. The first-order chi connectivity index (χ1) is 10.0. The first-order valence-electron chi connectivity index (χ1n) is 7.75. The van der Waals surface area contributed by atoms with Crippen molar-refractivity contribution >= 4 is 5.97 Å². The fourth-order valence-corrected chi connectivity index (χ4v) is 2.13. The van der Waals surface area contributed by atoms with Gasteiger partial charge in [0.2, 0.25) is 0 Å². The summed E-state index contributed by atoms with van der Waals surface area (Å²) in [7, 11) is 0. The van der Waals surface area contributed by atoms with Crippen LogP contribution in [-0.4, -0.2) is 23.3 Å². The topological polar surface area (TPSA) is 55.8 Å². The summed E-state index contributed by atoms with van der Waals surface area (Å²) in [6, 6.07) is 4.89. The molecular weight excluding hydrogens is 268 g/mol. The molecule has 0 aromatic heterocycles. The van der Waals surface area contributed by atoms with E-state index in [1.165, 1.54) is 0 Å². The zero-order valence-corrected chi connectivity index (χ0v) is 13.4. The molecule has 0 heterocycles. The molecule has 1 rings (SSSR count). The van der Waals surface area contributed by atoms with Crippen molar-refractivity contribution in [2.75, 3.05) is 0 Å². The molecule has 0 aliphatic rings. The van der Waals surface area contributed by atoms with E-state index in [-0.39, 0.29) is 17.8 Å². The second-order valence-electron chi connectivity index (χ2n) is 5.11. The molecule has 0 bridgehead atoms. The van der Waals surface area contributed by atoms with Gasteiger partial charge < -0.3 is 14.6 Å². The van der Waals surface area contributed by atoms with Crippen molar-refractivity contribution in [1.29, 1.82) is 0 Å². The summed E-state index contributed by atoms with van der Waals surface area (Å²) in [5.41, 5.74) is 0.194. The third-order valence-electron chi connectivity index (χ3n) is 3.55. The Labute approximate surface area is 127 Å². The van der Waals surface area contributed by atoms with Crippen molar-refractivity contribution in [3.8, 4) is 11.5 Å². The zero-order chi connectivity index (χ0) is 15.8. The predicted octanol–water partition coefficient (Wildman–Crippen LogP) is 4.52. The molecule has 0 aliphatic carbocycles. The van der Waals surface area contributed by atoms with Gasteiger partial charge in [0.25, 0.3) is 0 Å². The molecule has 1 aromatic carbocycles. The summed E-state index contributed by atoms with van der Waals surface area (Å²) in [4.78, 5) is 11.2. The van der Waals surface area contributed by atoms with Gasteiger partial charge >= 0.3 is 5.97 Å². The Bertz CT molecular complexity index is 416. The molecule has 0 atom stereocenters. The van der Waals surface area contributed by atoms with E-state index in [2.05, 4.69) is 27.7 Å². The third kappa shape index (κ3) is 5.29. The quantitative estimate of drug-likeness (QED) is 0.727. The fourth-order valence-electron chi connectivity index (χ4n) is 2.13. The Balaban J connectivity index is 3.02. The molecule has 1 aromatic rings. The maximum Gasteiger partial charge on any atom is 0.335 e. The molecule has 0 amide bonds. The minimum atomic E-state index is -0.973. The van der Waals surface area contributed by atoms with Gasteiger partial charge in [-0.05, 0) is 37.8 Å². The molecule has 0 fully saturated rings. The molecule has 118 valence electrons. The minimum Gasteiger partial charge on any atom is -0.490 e. The van der Waals surface area contributed by atoms with E-state index in [0.29, 0.717) is 11.5 Å². The van der Waals surface area contributed by atoms with Gasteiger partial charge in [-0.25, -0.2) is 4.79 Å². The highest BCUT2D eigenvalue weighted by Crippen LogP contribution is 2.26. The average Bonchev–Trinajstić information content (AvgIpc) is 2.49. The maximum absolute atomic E-state index is 11.2. The molecule has 1 N–H and O–H groups in total. The Morgan fingerprint density at radius 3 is 1.57 bits per heavy atom. The van der Waals surface area contributed by atoms with Gasteiger partial charge in [0, 0.05) is 6.07 Å². The first kappa shape index (κ1) is 17.3. The number of hydrogen-bond donors (Lipinski definition) is 1. The van der Waals surface area contributed by atoms with Crippen LogP contribution in [0.25, 0.3) is 0 Å². The van der Waals surface area contributed by atoms with E-state index in [4.69, 9.17) is 9.47 Å². The van der Waals surface area contributed by atoms with E-state index in [1.807, 2.05) is 0 Å². The van der Waals surface area contributed by atoms with Crippen LogP contribution in [0.5, 0.6) is 11.5 Å². The summed E-state index contributed by atoms with van der Waals surface area (Å²) in [5.74, 6) is 0.147. The van der Waals surface area contributed by atoms with Crippen LogP contribution < -0.4 is 9.47 Å². The molecule has 4 heteroatoms. The van der Waals surface area contributed by atoms with Gasteiger partial charge in [-0.2, -0.15) is 0 Å². The number of benzene rings is 1. The van der Waals surface area contributed by atoms with Gasteiger partial charge in [-0.1, -0.05) is 27.7 Å². The summed E-state index contributed by atoms with van der Waals surface area (Å²) >= 11 is 0. The lowest BCUT2D eigenvalue weighted by Gasteiger charge is -2.19. The second-order valence-corrected chi connectivity index (χ2v) is 5.11. The van der Waals surface area contributed by atoms with Gasteiger partial charge in [-0.3, -0.25) is 0 Å². The summed E-state index contributed by atoms with van der Waals surface area (Å²) in [5, 5.41) is 9.22. The third-order valence-corrected chi connectivity index (χ3v) is 3.55. The number of rotatable bonds is 9. The number of carbonyl (C=O) groups is 1.